The van der Waals surface area contributed by atoms with Crippen LogP contribution in [0.1, 0.15) is 36.5 Å². The van der Waals surface area contributed by atoms with Gasteiger partial charge in [0.15, 0.2) is 0 Å². The smallest absolute Gasteiger partial charge is 0.255 e. The lowest BCUT2D eigenvalue weighted by Crippen LogP contribution is -2.51. The molecule has 0 bridgehead atoms. The lowest BCUT2D eigenvalue weighted by molar-refractivity contribution is 0.0583. The van der Waals surface area contributed by atoms with Crippen molar-refractivity contribution < 1.29 is 9.18 Å². The molecule has 0 saturated carbocycles. The second-order valence-corrected chi connectivity index (χ2v) is 4.81. The van der Waals surface area contributed by atoms with Gasteiger partial charge in [-0.3, -0.25) is 9.78 Å². The van der Waals surface area contributed by atoms with Crippen molar-refractivity contribution in [1.29, 1.82) is 0 Å². The molecule has 1 aliphatic heterocycles. The third-order valence-corrected chi connectivity index (χ3v) is 3.37. The van der Waals surface area contributed by atoms with Crippen LogP contribution in [-0.4, -0.2) is 34.4 Å². The highest BCUT2D eigenvalue weighted by molar-refractivity contribution is 5.94. The molecule has 0 spiro atoms. The molecule has 1 aromatic rings. The van der Waals surface area contributed by atoms with Crippen LogP contribution in [0.4, 0.5) is 4.39 Å². The quantitative estimate of drug-likeness (QED) is 0.867. The average molecular weight is 251 g/mol. The molecule has 1 fully saturated rings. The third-order valence-electron chi connectivity index (χ3n) is 3.37. The molecular formula is C13H18FN3O. The van der Waals surface area contributed by atoms with Crippen LogP contribution in [0, 0.1) is 5.82 Å². The highest BCUT2D eigenvalue weighted by Crippen LogP contribution is 2.21. The van der Waals surface area contributed by atoms with E-state index in [0.29, 0.717) is 12.1 Å². The third kappa shape index (κ3) is 2.67. The Bertz CT molecular complexity index is 436. The van der Waals surface area contributed by atoms with Crippen molar-refractivity contribution in [3.63, 3.8) is 0 Å². The van der Waals surface area contributed by atoms with Gasteiger partial charge in [-0.25, -0.2) is 4.39 Å². The van der Waals surface area contributed by atoms with Gasteiger partial charge in [-0.05, 0) is 32.3 Å². The van der Waals surface area contributed by atoms with Crippen LogP contribution in [0.2, 0.25) is 0 Å². The first-order valence-corrected chi connectivity index (χ1v) is 6.26. The molecule has 98 valence electrons. The van der Waals surface area contributed by atoms with Gasteiger partial charge < -0.3 is 10.6 Å². The summed E-state index contributed by atoms with van der Waals surface area (Å²) in [7, 11) is 0. The van der Waals surface area contributed by atoms with E-state index < -0.39 is 5.82 Å². The lowest BCUT2D eigenvalue weighted by Gasteiger charge is -2.38. The number of aromatic nitrogens is 1. The van der Waals surface area contributed by atoms with Gasteiger partial charge in [0, 0.05) is 24.8 Å². The summed E-state index contributed by atoms with van der Waals surface area (Å²) in [5.74, 6) is -0.667. The number of rotatable bonds is 2. The number of likely N-dealkylation sites (tertiary alicyclic amines) is 1. The predicted molar refractivity (Wildman–Crippen MR) is 66.5 cm³/mol. The summed E-state index contributed by atoms with van der Waals surface area (Å²) in [4.78, 5) is 17.8. The molecule has 2 rings (SSSR count). The maximum absolute atomic E-state index is 13.1. The normalized spacial score (nSPS) is 21.7. The van der Waals surface area contributed by atoms with E-state index in [0.717, 1.165) is 25.5 Å². The summed E-state index contributed by atoms with van der Waals surface area (Å²) < 4.78 is 13.1. The molecule has 1 aromatic heterocycles. The molecule has 2 heterocycles. The number of amides is 1. The molecule has 0 aromatic carbocycles. The van der Waals surface area contributed by atoms with Gasteiger partial charge in [0.1, 0.15) is 5.82 Å². The highest BCUT2D eigenvalue weighted by atomic mass is 19.1. The first-order valence-electron chi connectivity index (χ1n) is 6.26. The van der Waals surface area contributed by atoms with Crippen LogP contribution < -0.4 is 5.73 Å². The Morgan fingerprint density at radius 2 is 2.33 bits per heavy atom. The van der Waals surface area contributed by atoms with E-state index in [1.165, 1.54) is 12.3 Å². The fourth-order valence-electron chi connectivity index (χ4n) is 2.45. The van der Waals surface area contributed by atoms with Crippen LogP contribution in [0.5, 0.6) is 0 Å². The summed E-state index contributed by atoms with van der Waals surface area (Å²) in [5.41, 5.74) is 6.21. The van der Waals surface area contributed by atoms with Crippen LogP contribution in [0.25, 0.3) is 0 Å². The summed E-state index contributed by atoms with van der Waals surface area (Å²) in [6.07, 6.45) is 5.45. The molecule has 1 amide bonds. The number of carbonyl (C=O) groups excluding carboxylic acids is 1. The Morgan fingerprint density at radius 3 is 3.00 bits per heavy atom. The number of carbonyl (C=O) groups is 1. The Hall–Kier alpha value is -1.49. The zero-order valence-electron chi connectivity index (χ0n) is 10.5. The van der Waals surface area contributed by atoms with Gasteiger partial charge in [0.2, 0.25) is 0 Å². The Morgan fingerprint density at radius 1 is 1.56 bits per heavy atom. The second-order valence-electron chi connectivity index (χ2n) is 4.81. The molecule has 0 radical (unpaired) electrons. The van der Waals surface area contributed by atoms with E-state index in [1.54, 1.807) is 4.90 Å². The lowest BCUT2D eigenvalue weighted by atomic mass is 9.96. The van der Waals surface area contributed by atoms with Gasteiger partial charge in [-0.1, -0.05) is 0 Å². The van der Waals surface area contributed by atoms with Gasteiger partial charge >= 0.3 is 0 Å². The molecule has 1 aliphatic rings. The van der Waals surface area contributed by atoms with Gasteiger partial charge in [0.25, 0.3) is 5.91 Å². The molecule has 2 atom stereocenters. The van der Waals surface area contributed by atoms with E-state index in [2.05, 4.69) is 4.98 Å². The Kier molecular flexibility index (Phi) is 3.91. The predicted octanol–water partition coefficient (Wildman–Crippen LogP) is 1.56. The number of halogens is 1. The van der Waals surface area contributed by atoms with Crippen molar-refractivity contribution in [3.8, 4) is 0 Å². The van der Waals surface area contributed by atoms with Crippen LogP contribution in [0.15, 0.2) is 18.5 Å². The monoisotopic (exact) mass is 251 g/mol. The van der Waals surface area contributed by atoms with E-state index in [4.69, 9.17) is 5.73 Å². The first-order chi connectivity index (χ1) is 8.59. The van der Waals surface area contributed by atoms with Crippen molar-refractivity contribution in [2.75, 3.05) is 6.54 Å². The maximum atomic E-state index is 13.1. The van der Waals surface area contributed by atoms with Crippen LogP contribution in [0.3, 0.4) is 0 Å². The van der Waals surface area contributed by atoms with Crippen LogP contribution >= 0.6 is 0 Å². The largest absolute Gasteiger partial charge is 0.334 e. The molecule has 0 aliphatic carbocycles. The number of hydrogen-bond acceptors (Lipinski definition) is 3. The number of hydrogen-bond donors (Lipinski definition) is 1. The van der Waals surface area contributed by atoms with Crippen molar-refractivity contribution in [1.82, 2.24) is 9.88 Å². The summed E-state index contributed by atoms with van der Waals surface area (Å²) in [5, 5.41) is 0. The minimum atomic E-state index is -0.491. The highest BCUT2D eigenvalue weighted by Gasteiger charge is 2.29. The number of nitrogens with two attached hydrogens (primary N) is 1. The van der Waals surface area contributed by atoms with Crippen molar-refractivity contribution in [3.05, 3.63) is 29.8 Å². The SMILES string of the molecule is C[C@@H](N)[C@@H]1CCCCN1C(=O)c1cncc(F)c1. The Labute approximate surface area is 106 Å². The van der Waals surface area contributed by atoms with Gasteiger partial charge in [0.05, 0.1) is 11.8 Å². The summed E-state index contributed by atoms with van der Waals surface area (Å²) >= 11 is 0. The van der Waals surface area contributed by atoms with Gasteiger partial charge in [-0.2, -0.15) is 0 Å². The topological polar surface area (TPSA) is 59.2 Å². The second kappa shape index (κ2) is 5.44. The van der Waals surface area contributed by atoms with Crippen molar-refractivity contribution >= 4 is 5.91 Å². The van der Waals surface area contributed by atoms with Crippen LogP contribution in [-0.2, 0) is 0 Å². The zero-order chi connectivity index (χ0) is 13.1. The zero-order valence-corrected chi connectivity index (χ0v) is 10.5. The number of pyridine rings is 1. The first kappa shape index (κ1) is 13.0. The van der Waals surface area contributed by atoms with E-state index in [9.17, 15) is 9.18 Å². The molecule has 1 saturated heterocycles. The Balaban J connectivity index is 2.21. The molecule has 4 nitrogen and oxygen atoms in total. The van der Waals surface area contributed by atoms with E-state index in [-0.39, 0.29) is 18.0 Å². The molecular weight excluding hydrogens is 233 g/mol. The van der Waals surface area contributed by atoms with Gasteiger partial charge in [-0.15, -0.1) is 0 Å². The van der Waals surface area contributed by atoms with E-state index in [1.807, 2.05) is 6.92 Å². The minimum Gasteiger partial charge on any atom is -0.334 e. The maximum Gasteiger partial charge on any atom is 0.255 e. The minimum absolute atomic E-state index is 0.0366. The van der Waals surface area contributed by atoms with E-state index >= 15 is 0 Å². The summed E-state index contributed by atoms with van der Waals surface area (Å²) in [6, 6.07) is 1.19. The molecule has 2 N–H and O–H groups in total. The average Bonchev–Trinajstić information content (AvgIpc) is 2.38. The van der Waals surface area contributed by atoms with Crippen molar-refractivity contribution in [2.24, 2.45) is 5.73 Å². The molecule has 0 unspecified atom stereocenters. The fraction of sp³-hybridized carbons (Fsp3) is 0.538. The molecule has 18 heavy (non-hydrogen) atoms. The summed E-state index contributed by atoms with van der Waals surface area (Å²) in [6.45, 7) is 2.58. The standard InChI is InChI=1S/C13H18FN3O/c1-9(15)12-4-2-3-5-17(12)13(18)10-6-11(14)8-16-7-10/h6-9,12H,2-5,15H2,1H3/t9-,12+/m1/s1. The number of piperidine rings is 1. The fourth-order valence-corrected chi connectivity index (χ4v) is 2.45. The van der Waals surface area contributed by atoms with Crippen molar-refractivity contribution in [2.45, 2.75) is 38.3 Å². The number of nitrogens with zero attached hydrogens (tertiary/aromatic N) is 2. The molecule has 5 heteroatoms.